The van der Waals surface area contributed by atoms with Crippen molar-refractivity contribution in [3.8, 4) is 39.5 Å². The van der Waals surface area contributed by atoms with E-state index in [2.05, 4.69) is 11.1 Å². The molecule has 0 bridgehead atoms. The minimum Gasteiger partial charge on any atom is -0.507 e. The molecule has 158 valence electrons. The van der Waals surface area contributed by atoms with Gasteiger partial charge >= 0.3 is 0 Å². The second-order valence-corrected chi connectivity index (χ2v) is 10.3. The fourth-order valence-electron chi connectivity index (χ4n) is 4.12. The van der Waals surface area contributed by atoms with Crippen LogP contribution in [-0.2, 0) is 21.1 Å². The number of hydrogen-bond donors (Lipinski definition) is 1. The Morgan fingerprint density at radius 1 is 0.903 bits per heavy atom. The van der Waals surface area contributed by atoms with Crippen LogP contribution in [0, 0.1) is 6.07 Å². The van der Waals surface area contributed by atoms with Gasteiger partial charge in [0.25, 0.3) is 0 Å². The van der Waals surface area contributed by atoms with Gasteiger partial charge in [-0.05, 0) is 18.6 Å². The third-order valence-electron chi connectivity index (χ3n) is 5.46. The topological polar surface area (TPSA) is 63.1 Å². The van der Waals surface area contributed by atoms with Crippen molar-refractivity contribution in [1.82, 2.24) is 9.97 Å². The first-order chi connectivity index (χ1) is 14.6. The summed E-state index contributed by atoms with van der Waals surface area (Å²) < 4.78 is 13.9. The maximum Gasteiger partial charge on any atom is 0.146 e. The number of hydrogen-bond acceptors (Lipinski definition) is 4. The number of fused-ring (bicyclic) bond motifs is 3. The summed E-state index contributed by atoms with van der Waals surface area (Å²) in [6.07, 6.45) is 3.13. The minimum absolute atomic E-state index is 0. The molecule has 5 rings (SSSR count). The molecule has 4 aromatic rings. The fraction of sp³-hybridized carbons (Fsp3) is 0.120. The monoisotopic (exact) mass is 469 g/mol. The molecular formula is C25H20N2NiO2P-. The second kappa shape index (κ2) is 8.42. The third kappa shape index (κ3) is 3.52. The van der Waals surface area contributed by atoms with E-state index in [9.17, 15) is 9.67 Å². The van der Waals surface area contributed by atoms with Crippen molar-refractivity contribution in [3.05, 3.63) is 79.0 Å². The number of phenolic OH excluding ortho intramolecular Hbond substituents is 1. The van der Waals surface area contributed by atoms with Gasteiger partial charge in [-0.3, -0.25) is 9.97 Å². The smallest absolute Gasteiger partial charge is 0.146 e. The molecule has 4 nitrogen and oxygen atoms in total. The Balaban J connectivity index is 0.00000231. The zero-order valence-electron chi connectivity index (χ0n) is 16.9. The summed E-state index contributed by atoms with van der Waals surface area (Å²) in [5, 5.41) is 12.0. The number of aromatic hydroxyl groups is 1. The van der Waals surface area contributed by atoms with E-state index in [1.165, 1.54) is 0 Å². The van der Waals surface area contributed by atoms with Gasteiger partial charge in [0.2, 0.25) is 0 Å². The average molecular weight is 470 g/mol. The predicted octanol–water partition coefficient (Wildman–Crippen LogP) is 5.02. The number of rotatable bonds is 4. The van der Waals surface area contributed by atoms with Crippen LogP contribution < -0.4 is 10.6 Å². The van der Waals surface area contributed by atoms with Crippen molar-refractivity contribution in [3.63, 3.8) is 0 Å². The normalized spacial score (nSPS) is 16.3. The summed E-state index contributed by atoms with van der Waals surface area (Å²) in [6, 6.07) is 24.1. The largest absolute Gasteiger partial charge is 0.507 e. The standard InChI is InChI=1S/C25H20N2O2P.Ni/c1-2-15-30(29)22-11-6-10-21(28)24(22)25-23(30)13-12-20(27-25)18-8-5-7-17(16-18)19-9-3-4-14-26-19;/h3-14,28H,2,15H2,1H3;/q-1;. The van der Waals surface area contributed by atoms with Gasteiger partial charge in [0, 0.05) is 50.8 Å². The zero-order chi connectivity index (χ0) is 20.7. The van der Waals surface area contributed by atoms with Gasteiger partial charge in [-0.1, -0.05) is 54.4 Å². The van der Waals surface area contributed by atoms with Crippen molar-refractivity contribution in [2.75, 3.05) is 6.16 Å². The maximum atomic E-state index is 13.9. The third-order valence-corrected chi connectivity index (χ3v) is 8.83. The molecule has 0 saturated carbocycles. The van der Waals surface area contributed by atoms with Crippen LogP contribution in [0.1, 0.15) is 13.3 Å². The molecule has 1 atom stereocenters. The minimum atomic E-state index is -2.79. The van der Waals surface area contributed by atoms with E-state index in [-0.39, 0.29) is 22.2 Å². The van der Waals surface area contributed by atoms with Crippen molar-refractivity contribution in [1.29, 1.82) is 0 Å². The summed E-state index contributed by atoms with van der Waals surface area (Å²) >= 11 is 0. The molecule has 0 spiro atoms. The van der Waals surface area contributed by atoms with E-state index in [4.69, 9.17) is 4.98 Å². The first-order valence-corrected chi connectivity index (χ1v) is 11.9. The second-order valence-electron chi connectivity index (χ2n) is 7.39. The van der Waals surface area contributed by atoms with Crippen LogP contribution in [0.25, 0.3) is 33.8 Å². The molecule has 0 amide bonds. The van der Waals surface area contributed by atoms with Gasteiger partial charge in [-0.2, -0.15) is 0 Å². The molecule has 0 saturated heterocycles. The quantitative estimate of drug-likeness (QED) is 0.259. The van der Waals surface area contributed by atoms with Gasteiger partial charge in [-0.15, -0.1) is 24.3 Å². The summed E-state index contributed by atoms with van der Waals surface area (Å²) in [7, 11) is -2.79. The van der Waals surface area contributed by atoms with Crippen molar-refractivity contribution in [2.45, 2.75) is 13.3 Å². The molecule has 2 aromatic carbocycles. The van der Waals surface area contributed by atoms with Gasteiger partial charge in [0.15, 0.2) is 0 Å². The van der Waals surface area contributed by atoms with E-state index in [0.717, 1.165) is 39.5 Å². The van der Waals surface area contributed by atoms with E-state index in [1.807, 2.05) is 61.5 Å². The molecule has 3 heterocycles. The first kappa shape index (κ1) is 21.5. The Bertz CT molecular complexity index is 1310. The number of benzene rings is 2. The van der Waals surface area contributed by atoms with E-state index in [0.29, 0.717) is 17.4 Å². The van der Waals surface area contributed by atoms with Crippen molar-refractivity contribution < 1.29 is 26.2 Å². The molecule has 31 heavy (non-hydrogen) atoms. The van der Waals surface area contributed by atoms with Gasteiger partial charge in [0.1, 0.15) is 12.9 Å². The number of phenols is 1. The van der Waals surface area contributed by atoms with Crippen molar-refractivity contribution in [2.24, 2.45) is 0 Å². The van der Waals surface area contributed by atoms with Gasteiger partial charge in [0.05, 0.1) is 11.3 Å². The number of pyridine rings is 2. The molecule has 1 N–H and O–H groups in total. The molecule has 0 radical (unpaired) electrons. The predicted molar refractivity (Wildman–Crippen MR) is 121 cm³/mol. The molecule has 6 heteroatoms. The molecule has 1 unspecified atom stereocenters. The van der Waals surface area contributed by atoms with Crippen LogP contribution in [0.5, 0.6) is 5.75 Å². The molecule has 0 aliphatic carbocycles. The SMILES string of the molecule is CCCP1(=O)c2ccc(-c3[c-]c(-c4ccccn4)ccc3)nc2-c2c(O)cccc21.[Ni]. The van der Waals surface area contributed by atoms with Gasteiger partial charge in [-0.25, -0.2) is 0 Å². The fourth-order valence-corrected chi connectivity index (χ4v) is 7.22. The molecule has 2 aromatic heterocycles. The average Bonchev–Trinajstić information content (AvgIpc) is 3.04. The molecular weight excluding hydrogens is 450 g/mol. The Morgan fingerprint density at radius 2 is 1.68 bits per heavy atom. The van der Waals surface area contributed by atoms with Crippen LogP contribution in [-0.4, -0.2) is 21.2 Å². The van der Waals surface area contributed by atoms with Crippen LogP contribution in [0.15, 0.2) is 72.9 Å². The molecule has 1 aliphatic rings. The van der Waals surface area contributed by atoms with Crippen LogP contribution in [0.3, 0.4) is 0 Å². The van der Waals surface area contributed by atoms with E-state index < -0.39 is 7.14 Å². The van der Waals surface area contributed by atoms with E-state index >= 15 is 0 Å². The number of aromatic nitrogens is 2. The molecule has 1 aliphatic heterocycles. The summed E-state index contributed by atoms with van der Waals surface area (Å²) in [4.78, 5) is 9.26. The van der Waals surface area contributed by atoms with Crippen LogP contribution in [0.4, 0.5) is 0 Å². The molecule has 0 fully saturated rings. The zero-order valence-corrected chi connectivity index (χ0v) is 18.7. The summed E-state index contributed by atoms with van der Waals surface area (Å²) in [6.45, 7) is 2.03. The maximum absolute atomic E-state index is 13.9. The summed E-state index contributed by atoms with van der Waals surface area (Å²) in [5.74, 6) is 0.124. The van der Waals surface area contributed by atoms with E-state index in [1.54, 1.807) is 18.3 Å². The Labute approximate surface area is 191 Å². The van der Waals surface area contributed by atoms with Gasteiger partial charge < -0.3 is 9.67 Å². The Kier molecular flexibility index (Phi) is 5.84. The van der Waals surface area contributed by atoms with Crippen LogP contribution >= 0.6 is 7.14 Å². The Hall–Kier alpha value is -2.74. The first-order valence-electron chi connectivity index (χ1n) is 9.99. The van der Waals surface area contributed by atoms with Crippen molar-refractivity contribution >= 4 is 17.8 Å². The summed E-state index contributed by atoms with van der Waals surface area (Å²) in [5.41, 5.74) is 4.51. The number of nitrogens with zero attached hydrogens (tertiary/aromatic N) is 2. The van der Waals surface area contributed by atoms with Crippen LogP contribution in [0.2, 0.25) is 0 Å². The Morgan fingerprint density at radius 3 is 2.42 bits per heavy atom.